The summed E-state index contributed by atoms with van der Waals surface area (Å²) in [5.41, 5.74) is 4.21. The number of para-hydroxylation sites is 2. The molecule has 0 aliphatic rings. The summed E-state index contributed by atoms with van der Waals surface area (Å²) < 4.78 is 23.3. The lowest BCUT2D eigenvalue weighted by molar-refractivity contribution is 0.670. The van der Waals surface area contributed by atoms with Crippen molar-refractivity contribution in [3.8, 4) is 11.3 Å². The van der Waals surface area contributed by atoms with Crippen molar-refractivity contribution in [2.24, 2.45) is 0 Å². The van der Waals surface area contributed by atoms with Gasteiger partial charge in [0.2, 0.25) is 0 Å². The van der Waals surface area contributed by atoms with Gasteiger partial charge in [0.1, 0.15) is 11.2 Å². The van der Waals surface area contributed by atoms with Crippen LogP contribution in [0.1, 0.15) is 13.9 Å². The zero-order chi connectivity index (χ0) is 19.1. The summed E-state index contributed by atoms with van der Waals surface area (Å²) in [5, 5.41) is 2.08. The second-order valence-corrected chi connectivity index (χ2v) is 6.07. The lowest BCUT2D eigenvalue weighted by Crippen LogP contribution is -1.91. The van der Waals surface area contributed by atoms with Gasteiger partial charge in [-0.3, -0.25) is 9.97 Å². The number of hydrogen-bond acceptors (Lipinski definition) is 3. The van der Waals surface area contributed by atoms with E-state index in [1.165, 1.54) is 0 Å². The predicted molar refractivity (Wildman–Crippen MR) is 104 cm³/mol. The number of hydrogen-bond donors (Lipinski definition) is 0. The fraction of sp³-hybridized carbons (Fsp3) is 0.0435. The van der Waals surface area contributed by atoms with Gasteiger partial charge in [0, 0.05) is 37.7 Å². The van der Waals surface area contributed by atoms with Crippen LogP contribution in [-0.2, 0) is 6.37 Å². The van der Waals surface area contributed by atoms with Crippen molar-refractivity contribution in [1.29, 1.82) is 0 Å². The van der Waals surface area contributed by atoms with Crippen LogP contribution in [0.2, 0.25) is 0 Å². The van der Waals surface area contributed by atoms with Gasteiger partial charge in [-0.2, -0.15) is 0 Å². The van der Waals surface area contributed by atoms with Crippen LogP contribution in [0.4, 0.5) is 0 Å². The molecule has 0 atom stereocenters. The molecule has 0 amide bonds. The maximum absolute atomic E-state index is 8.61. The van der Waals surface area contributed by atoms with Crippen molar-refractivity contribution in [1.82, 2.24) is 9.97 Å². The van der Waals surface area contributed by atoms with E-state index in [4.69, 9.17) is 7.16 Å². The SMILES string of the molecule is [2H]C([2H])(c1ccncc1)c1ccnc(-c2cccc3c2oc2ccccc23)c1. The van der Waals surface area contributed by atoms with Crippen LogP contribution in [0, 0.1) is 0 Å². The molecule has 3 heteroatoms. The number of pyridine rings is 2. The minimum absolute atomic E-state index is 0.539. The normalized spacial score (nSPS) is 12.9. The summed E-state index contributed by atoms with van der Waals surface area (Å²) >= 11 is 0. The summed E-state index contributed by atoms with van der Waals surface area (Å²) in [7, 11) is 0. The van der Waals surface area contributed by atoms with Crippen molar-refractivity contribution in [2.45, 2.75) is 6.37 Å². The molecule has 2 aromatic carbocycles. The van der Waals surface area contributed by atoms with Crippen molar-refractivity contribution < 1.29 is 7.16 Å². The van der Waals surface area contributed by atoms with Crippen molar-refractivity contribution in [3.05, 3.63) is 96.4 Å². The van der Waals surface area contributed by atoms with E-state index in [1.54, 1.807) is 42.9 Å². The molecule has 0 saturated carbocycles. The van der Waals surface area contributed by atoms with Gasteiger partial charge in [0.25, 0.3) is 0 Å². The van der Waals surface area contributed by atoms with Crippen LogP contribution in [0.15, 0.2) is 89.7 Å². The van der Waals surface area contributed by atoms with Crippen molar-refractivity contribution >= 4 is 21.9 Å². The Kier molecular flexibility index (Phi) is 3.02. The lowest BCUT2D eigenvalue weighted by atomic mass is 10.0. The van der Waals surface area contributed by atoms with Gasteiger partial charge in [-0.25, -0.2) is 0 Å². The summed E-state index contributed by atoms with van der Waals surface area (Å²) in [6, 6.07) is 20.8. The fourth-order valence-corrected chi connectivity index (χ4v) is 3.21. The Morgan fingerprint density at radius 2 is 1.62 bits per heavy atom. The second-order valence-electron chi connectivity index (χ2n) is 6.07. The standard InChI is InChI=1S/C23H16N2O/c1-2-7-22-18(4-1)19-5-3-6-20(23(19)26-22)21-15-17(10-13-25-21)14-16-8-11-24-12-9-16/h1-13,15H,14H2/i14D2. The number of aromatic nitrogens is 2. The molecule has 0 aliphatic carbocycles. The molecule has 124 valence electrons. The first-order valence-electron chi connectivity index (χ1n) is 9.42. The van der Waals surface area contributed by atoms with E-state index in [-0.39, 0.29) is 0 Å². The molecule has 0 radical (unpaired) electrons. The zero-order valence-electron chi connectivity index (χ0n) is 15.9. The molecule has 3 aromatic heterocycles. The minimum atomic E-state index is -1.65. The number of furan rings is 1. The molecule has 0 aliphatic heterocycles. The summed E-state index contributed by atoms with van der Waals surface area (Å²) in [4.78, 5) is 8.48. The van der Waals surface area contributed by atoms with E-state index in [1.807, 2.05) is 42.5 Å². The third-order valence-corrected chi connectivity index (χ3v) is 4.41. The van der Waals surface area contributed by atoms with E-state index in [0.717, 1.165) is 27.5 Å². The highest BCUT2D eigenvalue weighted by Crippen LogP contribution is 2.35. The Balaban J connectivity index is 1.68. The molecular weight excluding hydrogens is 320 g/mol. The highest BCUT2D eigenvalue weighted by Gasteiger charge is 2.12. The van der Waals surface area contributed by atoms with Crippen molar-refractivity contribution in [3.63, 3.8) is 0 Å². The average molecular weight is 338 g/mol. The molecule has 0 N–H and O–H groups in total. The maximum atomic E-state index is 8.61. The summed E-state index contributed by atoms with van der Waals surface area (Å²) in [5.74, 6) is 0. The Bertz CT molecular complexity index is 1300. The number of nitrogens with zero attached hydrogens (tertiary/aromatic N) is 2. The molecule has 5 aromatic rings. The third-order valence-electron chi connectivity index (χ3n) is 4.41. The van der Waals surface area contributed by atoms with Gasteiger partial charge in [-0.05, 0) is 53.9 Å². The van der Waals surface area contributed by atoms with Gasteiger partial charge in [-0.1, -0.05) is 30.3 Å². The van der Waals surface area contributed by atoms with E-state index in [0.29, 0.717) is 16.8 Å². The first-order chi connectivity index (χ1) is 13.6. The number of rotatable bonds is 3. The average Bonchev–Trinajstić information content (AvgIpc) is 3.13. The first kappa shape index (κ1) is 12.8. The molecule has 0 spiro atoms. The Morgan fingerprint density at radius 1 is 0.808 bits per heavy atom. The summed E-state index contributed by atoms with van der Waals surface area (Å²) in [6.45, 7) is 0. The highest BCUT2D eigenvalue weighted by atomic mass is 16.3. The van der Waals surface area contributed by atoms with Crippen molar-refractivity contribution in [2.75, 3.05) is 0 Å². The van der Waals surface area contributed by atoms with E-state index in [9.17, 15) is 0 Å². The topological polar surface area (TPSA) is 38.9 Å². The molecule has 3 heterocycles. The van der Waals surface area contributed by atoms with Gasteiger partial charge in [-0.15, -0.1) is 0 Å². The quantitative estimate of drug-likeness (QED) is 0.428. The van der Waals surface area contributed by atoms with Crippen LogP contribution < -0.4 is 0 Å². The first-order valence-corrected chi connectivity index (χ1v) is 8.42. The van der Waals surface area contributed by atoms with Crippen LogP contribution in [0.3, 0.4) is 0 Å². The zero-order valence-corrected chi connectivity index (χ0v) is 13.9. The Labute approximate surface area is 153 Å². The number of benzene rings is 2. The van der Waals surface area contributed by atoms with E-state index < -0.39 is 6.37 Å². The van der Waals surface area contributed by atoms with Gasteiger partial charge in [0.15, 0.2) is 0 Å². The van der Waals surface area contributed by atoms with Crippen LogP contribution >= 0.6 is 0 Å². The van der Waals surface area contributed by atoms with Gasteiger partial charge < -0.3 is 4.42 Å². The third kappa shape index (κ3) is 2.54. The van der Waals surface area contributed by atoms with E-state index in [2.05, 4.69) is 9.97 Å². The second kappa shape index (κ2) is 6.12. The van der Waals surface area contributed by atoms with Crippen LogP contribution in [0.5, 0.6) is 0 Å². The molecule has 0 unspecified atom stereocenters. The van der Waals surface area contributed by atoms with Gasteiger partial charge >= 0.3 is 0 Å². The largest absolute Gasteiger partial charge is 0.455 e. The van der Waals surface area contributed by atoms with E-state index >= 15 is 0 Å². The van der Waals surface area contributed by atoms with Crippen LogP contribution in [-0.4, -0.2) is 9.97 Å². The van der Waals surface area contributed by atoms with Crippen LogP contribution in [0.25, 0.3) is 33.2 Å². The fourth-order valence-electron chi connectivity index (χ4n) is 3.21. The summed E-state index contributed by atoms with van der Waals surface area (Å²) in [6.07, 6.45) is 3.20. The Morgan fingerprint density at radius 3 is 2.54 bits per heavy atom. The molecule has 0 saturated heterocycles. The molecule has 0 fully saturated rings. The smallest absolute Gasteiger partial charge is 0.144 e. The molecule has 26 heavy (non-hydrogen) atoms. The molecule has 3 nitrogen and oxygen atoms in total. The molecular formula is C23H16N2O. The highest BCUT2D eigenvalue weighted by molar-refractivity contribution is 6.09. The Hall–Kier alpha value is -3.46. The monoisotopic (exact) mass is 338 g/mol. The maximum Gasteiger partial charge on any atom is 0.144 e. The van der Waals surface area contributed by atoms with Gasteiger partial charge in [0.05, 0.1) is 5.69 Å². The minimum Gasteiger partial charge on any atom is -0.455 e. The lowest BCUT2D eigenvalue weighted by Gasteiger charge is -2.06. The molecule has 0 bridgehead atoms. The number of fused-ring (bicyclic) bond motifs is 3. The molecule has 5 rings (SSSR count). The predicted octanol–water partition coefficient (Wildman–Crippen LogP) is 5.63.